The maximum Gasteiger partial charge on any atom is 0.163 e. The Hall–Kier alpha value is -2.99. The van der Waals surface area contributed by atoms with Crippen LogP contribution in [0, 0.1) is 13.8 Å². The molecule has 2 aromatic heterocycles. The van der Waals surface area contributed by atoms with Crippen molar-refractivity contribution in [3.05, 3.63) is 53.0 Å². The molecule has 0 bridgehead atoms. The zero-order valence-electron chi connectivity index (χ0n) is 18.2. The van der Waals surface area contributed by atoms with E-state index in [9.17, 15) is 4.79 Å². The van der Waals surface area contributed by atoms with E-state index in [0.717, 1.165) is 52.7 Å². The average Bonchev–Trinajstić information content (AvgIpc) is 2.93. The van der Waals surface area contributed by atoms with Gasteiger partial charge in [0.15, 0.2) is 5.78 Å². The Morgan fingerprint density at radius 3 is 2.53 bits per heavy atom. The van der Waals surface area contributed by atoms with Crippen LogP contribution in [0.15, 0.2) is 30.3 Å². The number of fused-ring (bicyclic) bond motifs is 1. The maximum atomic E-state index is 11.9. The fourth-order valence-electron chi connectivity index (χ4n) is 4.15. The van der Waals surface area contributed by atoms with Crippen molar-refractivity contribution in [2.75, 3.05) is 13.7 Å². The summed E-state index contributed by atoms with van der Waals surface area (Å²) < 4.78 is 13.7. The van der Waals surface area contributed by atoms with Crippen LogP contribution >= 0.6 is 0 Å². The van der Waals surface area contributed by atoms with Gasteiger partial charge in [-0.05, 0) is 52.0 Å². The highest BCUT2D eigenvalue weighted by atomic mass is 16.5. The van der Waals surface area contributed by atoms with E-state index in [1.807, 2.05) is 32.0 Å². The van der Waals surface area contributed by atoms with E-state index in [4.69, 9.17) is 14.5 Å². The van der Waals surface area contributed by atoms with E-state index >= 15 is 0 Å². The fourth-order valence-corrected chi connectivity index (χ4v) is 4.15. The highest BCUT2D eigenvalue weighted by Crippen LogP contribution is 2.34. The number of imidazole rings is 1. The third-order valence-corrected chi connectivity index (χ3v) is 5.45. The average molecular weight is 405 g/mol. The zero-order valence-corrected chi connectivity index (χ0v) is 18.2. The normalized spacial score (nSPS) is 16.1. The number of aromatic nitrogens is 3. The topological polar surface area (TPSA) is 66.2 Å². The number of hydrogen-bond donors (Lipinski definition) is 0. The van der Waals surface area contributed by atoms with Crippen molar-refractivity contribution in [3.8, 4) is 28.4 Å². The molecule has 1 aromatic carbocycles. The van der Waals surface area contributed by atoms with Crippen LogP contribution < -0.4 is 4.74 Å². The standard InChI is InChI=1S/C24H27N3O3/c1-14-10-19(11-15(2)25-14)23-21-8-9-30-16(3)13-27(21)24(26-23)18-6-7-20(17(4)28)22(12-18)29-5/h6-7,10-12,16H,8-9,13H2,1-5H3/t16-/m1/s1. The summed E-state index contributed by atoms with van der Waals surface area (Å²) >= 11 is 0. The van der Waals surface area contributed by atoms with Gasteiger partial charge in [-0.2, -0.15) is 0 Å². The number of rotatable bonds is 4. The van der Waals surface area contributed by atoms with Crippen LogP contribution in [0.2, 0.25) is 0 Å². The number of methoxy groups -OCH3 is 1. The lowest BCUT2D eigenvalue weighted by Crippen LogP contribution is -2.15. The number of aryl methyl sites for hydroxylation is 2. The van der Waals surface area contributed by atoms with Gasteiger partial charge in [0, 0.05) is 34.6 Å². The second kappa shape index (κ2) is 8.03. The van der Waals surface area contributed by atoms with Crippen molar-refractivity contribution in [2.24, 2.45) is 0 Å². The Morgan fingerprint density at radius 2 is 1.87 bits per heavy atom. The van der Waals surface area contributed by atoms with Crippen molar-refractivity contribution < 1.29 is 14.3 Å². The second-order valence-electron chi connectivity index (χ2n) is 7.88. The molecule has 0 N–H and O–H groups in total. The number of pyridine rings is 1. The van der Waals surface area contributed by atoms with Crippen LogP contribution in [0.5, 0.6) is 5.75 Å². The van der Waals surface area contributed by atoms with Crippen molar-refractivity contribution in [3.63, 3.8) is 0 Å². The third kappa shape index (κ3) is 3.75. The van der Waals surface area contributed by atoms with Gasteiger partial charge in [-0.15, -0.1) is 0 Å². The van der Waals surface area contributed by atoms with E-state index in [1.165, 1.54) is 0 Å². The maximum absolute atomic E-state index is 11.9. The quantitative estimate of drug-likeness (QED) is 0.602. The minimum atomic E-state index is -0.0224. The molecule has 0 amide bonds. The van der Waals surface area contributed by atoms with Crippen molar-refractivity contribution in [1.29, 1.82) is 0 Å². The number of Topliss-reactive ketones (excluding diaryl/α,β-unsaturated/α-hetero) is 1. The predicted octanol–water partition coefficient (Wildman–Crippen LogP) is 4.40. The molecule has 1 atom stereocenters. The van der Waals surface area contributed by atoms with E-state index in [2.05, 4.69) is 28.6 Å². The highest BCUT2D eigenvalue weighted by Gasteiger charge is 2.24. The van der Waals surface area contributed by atoms with Gasteiger partial charge in [-0.3, -0.25) is 9.78 Å². The Kier molecular flexibility index (Phi) is 5.43. The first kappa shape index (κ1) is 20.3. The van der Waals surface area contributed by atoms with Crippen molar-refractivity contribution in [2.45, 2.75) is 46.8 Å². The van der Waals surface area contributed by atoms with Crippen LogP contribution in [0.25, 0.3) is 22.6 Å². The summed E-state index contributed by atoms with van der Waals surface area (Å²) in [7, 11) is 1.58. The van der Waals surface area contributed by atoms with Crippen molar-refractivity contribution >= 4 is 5.78 Å². The molecule has 1 aliphatic rings. The number of ether oxygens (including phenoxy) is 2. The summed E-state index contributed by atoms with van der Waals surface area (Å²) in [5.74, 6) is 1.40. The first-order chi connectivity index (χ1) is 14.4. The molecule has 6 nitrogen and oxygen atoms in total. The number of nitrogens with zero attached hydrogens (tertiary/aromatic N) is 3. The summed E-state index contributed by atoms with van der Waals surface area (Å²) in [6.07, 6.45) is 0.877. The van der Waals surface area contributed by atoms with Gasteiger partial charge < -0.3 is 14.0 Å². The molecule has 3 heterocycles. The molecule has 0 fully saturated rings. The van der Waals surface area contributed by atoms with Gasteiger partial charge in [0.25, 0.3) is 0 Å². The lowest BCUT2D eigenvalue weighted by molar-refractivity contribution is 0.0666. The molecule has 0 radical (unpaired) electrons. The largest absolute Gasteiger partial charge is 0.496 e. The summed E-state index contributed by atoms with van der Waals surface area (Å²) in [6, 6.07) is 9.81. The highest BCUT2D eigenvalue weighted by molar-refractivity contribution is 5.97. The number of benzene rings is 1. The molecule has 156 valence electrons. The molecule has 4 rings (SSSR count). The van der Waals surface area contributed by atoms with Crippen LogP contribution in [0.4, 0.5) is 0 Å². The Morgan fingerprint density at radius 1 is 1.13 bits per heavy atom. The van der Waals surface area contributed by atoms with Crippen molar-refractivity contribution in [1.82, 2.24) is 14.5 Å². The number of hydrogen-bond acceptors (Lipinski definition) is 5. The second-order valence-corrected chi connectivity index (χ2v) is 7.88. The van der Waals surface area contributed by atoms with E-state index in [1.54, 1.807) is 14.0 Å². The van der Waals surface area contributed by atoms with Crippen LogP contribution in [0.1, 0.15) is 41.3 Å². The SMILES string of the molecule is COc1cc(-c2nc(-c3cc(C)nc(C)c3)c3n2C[C@@H](C)OCC3)ccc1C(C)=O. The monoisotopic (exact) mass is 405 g/mol. The smallest absolute Gasteiger partial charge is 0.163 e. The molecule has 0 aliphatic carbocycles. The molecule has 0 saturated heterocycles. The van der Waals surface area contributed by atoms with E-state index in [0.29, 0.717) is 17.9 Å². The number of ketones is 1. The van der Waals surface area contributed by atoms with Gasteiger partial charge in [-0.25, -0.2) is 4.98 Å². The molecule has 0 spiro atoms. The molecular formula is C24H27N3O3. The molecule has 6 heteroatoms. The van der Waals surface area contributed by atoms with Gasteiger partial charge in [0.2, 0.25) is 0 Å². The van der Waals surface area contributed by atoms with Gasteiger partial charge >= 0.3 is 0 Å². The Labute approximate surface area is 176 Å². The van der Waals surface area contributed by atoms with E-state index in [-0.39, 0.29) is 11.9 Å². The summed E-state index contributed by atoms with van der Waals surface area (Å²) in [5.41, 5.74) is 6.62. The molecule has 3 aromatic rings. The molecule has 0 unspecified atom stereocenters. The molecule has 0 saturated carbocycles. The lowest BCUT2D eigenvalue weighted by Gasteiger charge is -2.14. The molecule has 1 aliphatic heterocycles. The van der Waals surface area contributed by atoms with Crippen LogP contribution in [-0.4, -0.2) is 40.1 Å². The lowest BCUT2D eigenvalue weighted by atomic mass is 10.1. The minimum absolute atomic E-state index is 0.0224. The number of carbonyl (C=O) groups excluding carboxylic acids is 1. The predicted molar refractivity (Wildman–Crippen MR) is 116 cm³/mol. The Bertz CT molecular complexity index is 1100. The molecular weight excluding hydrogens is 378 g/mol. The first-order valence-corrected chi connectivity index (χ1v) is 10.2. The Balaban J connectivity index is 1.92. The summed E-state index contributed by atoms with van der Waals surface area (Å²) in [5, 5.41) is 0. The zero-order chi connectivity index (χ0) is 21.4. The van der Waals surface area contributed by atoms with Gasteiger partial charge in [0.05, 0.1) is 37.6 Å². The van der Waals surface area contributed by atoms with Crippen LogP contribution in [-0.2, 0) is 17.7 Å². The fraction of sp³-hybridized carbons (Fsp3) is 0.375. The van der Waals surface area contributed by atoms with Gasteiger partial charge in [0.1, 0.15) is 11.6 Å². The minimum Gasteiger partial charge on any atom is -0.496 e. The first-order valence-electron chi connectivity index (χ1n) is 10.2. The third-order valence-electron chi connectivity index (χ3n) is 5.45. The summed E-state index contributed by atoms with van der Waals surface area (Å²) in [4.78, 5) is 21.5. The number of carbonyl (C=O) groups is 1. The van der Waals surface area contributed by atoms with E-state index < -0.39 is 0 Å². The van der Waals surface area contributed by atoms with Crippen LogP contribution in [0.3, 0.4) is 0 Å². The molecule has 30 heavy (non-hydrogen) atoms. The van der Waals surface area contributed by atoms with Gasteiger partial charge in [-0.1, -0.05) is 6.07 Å². The summed E-state index contributed by atoms with van der Waals surface area (Å²) in [6.45, 7) is 9.01.